The molecule has 0 radical (unpaired) electrons. The Hall–Kier alpha value is -1.81. The average Bonchev–Trinajstić information content (AvgIpc) is 2.47. The molecule has 110 valence electrons. The monoisotopic (exact) mass is 292 g/mol. The minimum atomic E-state index is -4.34. The number of halogens is 3. The number of hydrogen-bond donors (Lipinski definition) is 1. The minimum absolute atomic E-state index is 0.514. The molecule has 0 saturated heterocycles. The smallest absolute Gasteiger partial charge is 0.388 e. The molecule has 2 aromatic rings. The Morgan fingerprint density at radius 1 is 1.00 bits per heavy atom. The second-order valence-electron chi connectivity index (χ2n) is 5.40. The van der Waals surface area contributed by atoms with E-state index >= 15 is 0 Å². The Balaban J connectivity index is 2.03. The van der Waals surface area contributed by atoms with E-state index in [0.29, 0.717) is 17.5 Å². The summed E-state index contributed by atoms with van der Waals surface area (Å²) in [4.78, 5) is 0. The second kappa shape index (κ2) is 5.19. The summed E-state index contributed by atoms with van der Waals surface area (Å²) in [6.07, 6.45) is -2.30. The summed E-state index contributed by atoms with van der Waals surface area (Å²) in [5.41, 5.74) is 2.50. The van der Waals surface area contributed by atoms with Gasteiger partial charge in [-0.25, -0.2) is 0 Å². The van der Waals surface area contributed by atoms with Crippen LogP contribution < -0.4 is 0 Å². The van der Waals surface area contributed by atoms with E-state index in [4.69, 9.17) is 0 Å². The van der Waals surface area contributed by atoms with Crippen molar-refractivity contribution in [2.45, 2.75) is 31.5 Å². The van der Waals surface area contributed by atoms with E-state index in [1.54, 1.807) is 6.07 Å². The normalized spacial score (nSPS) is 18.4. The molecule has 1 N–H and O–H groups in total. The highest BCUT2D eigenvalue weighted by Gasteiger charge is 2.30. The number of aryl methyl sites for hydroxylation is 1. The zero-order chi connectivity index (χ0) is 15.0. The van der Waals surface area contributed by atoms with Crippen LogP contribution in [0.3, 0.4) is 0 Å². The lowest BCUT2D eigenvalue weighted by Gasteiger charge is -2.22. The van der Waals surface area contributed by atoms with Gasteiger partial charge < -0.3 is 5.11 Å². The van der Waals surface area contributed by atoms with Gasteiger partial charge in [0.15, 0.2) is 0 Å². The van der Waals surface area contributed by atoms with E-state index in [0.717, 1.165) is 36.1 Å². The van der Waals surface area contributed by atoms with Gasteiger partial charge in [-0.3, -0.25) is 0 Å². The predicted molar refractivity (Wildman–Crippen MR) is 74.8 cm³/mol. The van der Waals surface area contributed by atoms with Crippen LogP contribution in [0.15, 0.2) is 42.5 Å². The van der Waals surface area contributed by atoms with Gasteiger partial charge in [0.25, 0.3) is 0 Å². The highest BCUT2D eigenvalue weighted by Crippen LogP contribution is 2.35. The Bertz CT molecular complexity index is 661. The van der Waals surface area contributed by atoms with Gasteiger partial charge in [0.1, 0.15) is 0 Å². The minimum Gasteiger partial charge on any atom is -0.388 e. The highest BCUT2D eigenvalue weighted by molar-refractivity contribution is 5.66. The number of benzene rings is 2. The first-order valence-electron chi connectivity index (χ1n) is 6.94. The standard InChI is InChI=1S/C17H15F3O/c18-17(19,20)14-5-1-4-12(9-14)13-8-7-11-3-2-6-16(21)15(11)10-13/h1,4-5,7-10,16,21H,2-3,6H2. The summed E-state index contributed by atoms with van der Waals surface area (Å²) in [7, 11) is 0. The van der Waals surface area contributed by atoms with Gasteiger partial charge in [0.05, 0.1) is 11.7 Å². The molecule has 0 spiro atoms. The van der Waals surface area contributed by atoms with Crippen LogP contribution in [0.25, 0.3) is 11.1 Å². The molecule has 2 aromatic carbocycles. The van der Waals surface area contributed by atoms with Crippen LogP contribution in [0.4, 0.5) is 13.2 Å². The molecule has 4 heteroatoms. The fraction of sp³-hybridized carbons (Fsp3) is 0.294. The SMILES string of the molecule is OC1CCCc2ccc(-c3cccc(C(F)(F)F)c3)cc21. The molecule has 0 bridgehead atoms. The molecular formula is C17H15F3O. The first-order chi connectivity index (χ1) is 9.95. The van der Waals surface area contributed by atoms with Crippen LogP contribution in [0.5, 0.6) is 0 Å². The number of hydrogen-bond acceptors (Lipinski definition) is 1. The fourth-order valence-corrected chi connectivity index (χ4v) is 2.83. The van der Waals surface area contributed by atoms with Gasteiger partial charge in [-0.1, -0.05) is 24.3 Å². The van der Waals surface area contributed by atoms with Gasteiger partial charge in [-0.15, -0.1) is 0 Å². The molecule has 0 saturated carbocycles. The largest absolute Gasteiger partial charge is 0.416 e. The van der Waals surface area contributed by atoms with Crippen LogP contribution in [-0.4, -0.2) is 5.11 Å². The molecule has 1 atom stereocenters. The molecular weight excluding hydrogens is 277 g/mol. The molecule has 3 rings (SSSR count). The van der Waals surface area contributed by atoms with Gasteiger partial charge >= 0.3 is 6.18 Å². The Morgan fingerprint density at radius 3 is 2.52 bits per heavy atom. The number of rotatable bonds is 1. The van der Waals surface area contributed by atoms with Gasteiger partial charge in [0.2, 0.25) is 0 Å². The summed E-state index contributed by atoms with van der Waals surface area (Å²) in [6, 6.07) is 10.8. The maximum absolute atomic E-state index is 12.8. The van der Waals surface area contributed by atoms with E-state index in [-0.39, 0.29) is 0 Å². The lowest BCUT2D eigenvalue weighted by Crippen LogP contribution is -2.09. The topological polar surface area (TPSA) is 20.2 Å². The van der Waals surface area contributed by atoms with Crippen molar-refractivity contribution >= 4 is 0 Å². The van der Waals surface area contributed by atoms with E-state index in [1.165, 1.54) is 6.07 Å². The van der Waals surface area contributed by atoms with E-state index in [2.05, 4.69) is 0 Å². The summed E-state index contributed by atoms with van der Waals surface area (Å²) >= 11 is 0. The Morgan fingerprint density at radius 2 is 1.76 bits per heavy atom. The van der Waals surface area contributed by atoms with E-state index < -0.39 is 17.8 Å². The number of aliphatic hydroxyl groups is 1. The molecule has 1 aliphatic carbocycles. The van der Waals surface area contributed by atoms with Crippen molar-refractivity contribution in [1.82, 2.24) is 0 Å². The van der Waals surface area contributed by atoms with Crippen molar-refractivity contribution < 1.29 is 18.3 Å². The third-order valence-electron chi connectivity index (χ3n) is 3.95. The highest BCUT2D eigenvalue weighted by atomic mass is 19.4. The zero-order valence-corrected chi connectivity index (χ0v) is 11.3. The molecule has 1 nitrogen and oxygen atoms in total. The van der Waals surface area contributed by atoms with E-state index in [1.807, 2.05) is 18.2 Å². The quantitative estimate of drug-likeness (QED) is 0.804. The molecule has 1 aliphatic rings. The zero-order valence-electron chi connectivity index (χ0n) is 11.3. The van der Waals surface area contributed by atoms with Crippen LogP contribution in [0, 0.1) is 0 Å². The number of aliphatic hydroxyl groups excluding tert-OH is 1. The van der Waals surface area contributed by atoms with Crippen LogP contribution in [0.1, 0.15) is 35.6 Å². The maximum atomic E-state index is 12.8. The van der Waals surface area contributed by atoms with Crippen molar-refractivity contribution in [1.29, 1.82) is 0 Å². The van der Waals surface area contributed by atoms with Crippen LogP contribution in [-0.2, 0) is 12.6 Å². The maximum Gasteiger partial charge on any atom is 0.416 e. The van der Waals surface area contributed by atoms with Gasteiger partial charge in [0, 0.05) is 0 Å². The Kier molecular flexibility index (Phi) is 3.49. The Labute approximate surface area is 121 Å². The van der Waals surface area contributed by atoms with Gasteiger partial charge in [-0.2, -0.15) is 13.2 Å². The molecule has 0 heterocycles. The summed E-state index contributed by atoms with van der Waals surface area (Å²) in [5, 5.41) is 10.0. The lowest BCUT2D eigenvalue weighted by atomic mass is 9.87. The van der Waals surface area contributed by atoms with Crippen molar-refractivity contribution in [2.75, 3.05) is 0 Å². The predicted octanol–water partition coefficient (Wildman–Crippen LogP) is 4.74. The van der Waals surface area contributed by atoms with Crippen molar-refractivity contribution in [3.8, 4) is 11.1 Å². The summed E-state index contributed by atoms with van der Waals surface area (Å²) in [5.74, 6) is 0. The second-order valence-corrected chi connectivity index (χ2v) is 5.40. The van der Waals surface area contributed by atoms with Crippen molar-refractivity contribution in [2.24, 2.45) is 0 Å². The van der Waals surface area contributed by atoms with Crippen molar-refractivity contribution in [3.63, 3.8) is 0 Å². The molecule has 1 unspecified atom stereocenters. The number of fused-ring (bicyclic) bond motifs is 1. The summed E-state index contributed by atoms with van der Waals surface area (Å²) in [6.45, 7) is 0. The fourth-order valence-electron chi connectivity index (χ4n) is 2.83. The van der Waals surface area contributed by atoms with Crippen molar-refractivity contribution in [3.05, 3.63) is 59.2 Å². The van der Waals surface area contributed by atoms with E-state index in [9.17, 15) is 18.3 Å². The van der Waals surface area contributed by atoms with Crippen LogP contribution >= 0.6 is 0 Å². The molecule has 0 aliphatic heterocycles. The third kappa shape index (κ3) is 2.81. The van der Waals surface area contributed by atoms with Gasteiger partial charge in [-0.05, 0) is 59.7 Å². The average molecular weight is 292 g/mol. The first-order valence-corrected chi connectivity index (χ1v) is 6.94. The summed E-state index contributed by atoms with van der Waals surface area (Å²) < 4.78 is 38.3. The third-order valence-corrected chi connectivity index (χ3v) is 3.95. The molecule has 21 heavy (non-hydrogen) atoms. The van der Waals surface area contributed by atoms with Crippen LogP contribution in [0.2, 0.25) is 0 Å². The molecule has 0 amide bonds. The number of alkyl halides is 3. The molecule has 0 aromatic heterocycles. The lowest BCUT2D eigenvalue weighted by molar-refractivity contribution is -0.137. The first kappa shape index (κ1) is 14.1. The molecule has 0 fully saturated rings.